The molecule has 94 valence electrons. The van der Waals surface area contributed by atoms with Gasteiger partial charge in [0, 0.05) is 0 Å². The third-order valence-electron chi connectivity index (χ3n) is 1.53. The van der Waals surface area contributed by atoms with Crippen LogP contribution in [0.4, 0.5) is 18.9 Å². The van der Waals surface area contributed by atoms with E-state index in [1.54, 1.807) is 0 Å². The van der Waals surface area contributed by atoms with Crippen molar-refractivity contribution in [3.05, 3.63) is 20.8 Å². The molecule has 10 heteroatoms. The lowest BCUT2D eigenvalue weighted by Gasteiger charge is -2.10. The van der Waals surface area contributed by atoms with Crippen molar-refractivity contribution in [2.24, 2.45) is 0 Å². The van der Waals surface area contributed by atoms with Crippen molar-refractivity contribution in [2.75, 3.05) is 7.11 Å². The van der Waals surface area contributed by atoms with Gasteiger partial charge in [-0.25, -0.2) is 4.98 Å². The van der Waals surface area contributed by atoms with Crippen LogP contribution in [0.25, 0.3) is 0 Å². The number of hydrogen-bond acceptors (Lipinski definition) is 5. The maximum absolute atomic E-state index is 12.0. The zero-order chi connectivity index (χ0) is 13.2. The summed E-state index contributed by atoms with van der Waals surface area (Å²) in [5.41, 5.74) is -0.741. The van der Waals surface area contributed by atoms with Gasteiger partial charge in [0.05, 0.1) is 18.2 Å². The van der Waals surface area contributed by atoms with Crippen LogP contribution in [-0.4, -0.2) is 23.4 Å². The molecule has 0 N–H and O–H groups in total. The van der Waals surface area contributed by atoms with Gasteiger partial charge in [-0.05, 0) is 15.9 Å². The Morgan fingerprint density at radius 3 is 2.53 bits per heavy atom. The highest BCUT2D eigenvalue weighted by Gasteiger charge is 2.35. The zero-order valence-corrected chi connectivity index (χ0v) is 9.70. The summed E-state index contributed by atoms with van der Waals surface area (Å²) < 4.78 is 43.5. The van der Waals surface area contributed by atoms with Gasteiger partial charge in [-0.15, -0.1) is 13.2 Å². The number of nitrogens with zero attached hydrogens (tertiary/aromatic N) is 2. The molecular formula is C7H4BrF3N2O4. The fourth-order valence-electron chi connectivity index (χ4n) is 0.949. The highest BCUT2D eigenvalue weighted by Crippen LogP contribution is 2.40. The Morgan fingerprint density at radius 1 is 1.53 bits per heavy atom. The summed E-state index contributed by atoms with van der Waals surface area (Å²) in [6.07, 6.45) is -4.30. The molecule has 1 heterocycles. The van der Waals surface area contributed by atoms with Crippen molar-refractivity contribution >= 4 is 21.6 Å². The number of rotatable bonds is 3. The minimum absolute atomic E-state index is 0.420. The first-order valence-corrected chi connectivity index (χ1v) is 4.68. The van der Waals surface area contributed by atoms with Gasteiger partial charge >= 0.3 is 12.0 Å². The number of pyridine rings is 1. The van der Waals surface area contributed by atoms with E-state index in [1.165, 1.54) is 0 Å². The van der Waals surface area contributed by atoms with Gasteiger partial charge in [-0.3, -0.25) is 10.1 Å². The van der Waals surface area contributed by atoms with Crippen molar-refractivity contribution in [1.82, 2.24) is 4.98 Å². The number of hydrogen-bond donors (Lipinski definition) is 0. The molecule has 0 saturated heterocycles. The fraction of sp³-hybridized carbons (Fsp3) is 0.286. The van der Waals surface area contributed by atoms with Gasteiger partial charge in [0.1, 0.15) is 4.47 Å². The van der Waals surface area contributed by atoms with Gasteiger partial charge < -0.3 is 9.47 Å². The topological polar surface area (TPSA) is 74.5 Å². The smallest absolute Gasteiger partial charge is 0.476 e. The van der Waals surface area contributed by atoms with E-state index in [9.17, 15) is 23.3 Å². The Bertz CT molecular complexity index is 451. The van der Waals surface area contributed by atoms with Gasteiger partial charge in [0.25, 0.3) is 5.88 Å². The molecule has 0 aromatic carbocycles. The van der Waals surface area contributed by atoms with Crippen LogP contribution >= 0.6 is 15.9 Å². The Kier molecular flexibility index (Phi) is 3.76. The van der Waals surface area contributed by atoms with Crippen LogP contribution in [0.5, 0.6) is 11.6 Å². The van der Waals surface area contributed by atoms with Crippen LogP contribution in [0.1, 0.15) is 0 Å². The molecule has 1 aromatic heterocycles. The Balaban J connectivity index is 3.28. The second-order valence-corrected chi connectivity index (χ2v) is 3.39. The highest BCUT2D eigenvalue weighted by atomic mass is 79.9. The number of methoxy groups -OCH3 is 1. The molecule has 0 atom stereocenters. The van der Waals surface area contributed by atoms with Crippen LogP contribution in [0, 0.1) is 10.1 Å². The fourth-order valence-corrected chi connectivity index (χ4v) is 1.45. The molecule has 0 spiro atoms. The molecule has 0 saturated carbocycles. The molecule has 1 aromatic rings. The number of halogens is 4. The zero-order valence-electron chi connectivity index (χ0n) is 8.12. The number of alkyl halides is 3. The second-order valence-electron chi connectivity index (χ2n) is 2.60. The quantitative estimate of drug-likeness (QED) is 0.633. The summed E-state index contributed by atoms with van der Waals surface area (Å²) in [4.78, 5) is 13.1. The monoisotopic (exact) mass is 316 g/mol. The van der Waals surface area contributed by atoms with Crippen LogP contribution in [-0.2, 0) is 0 Å². The minimum atomic E-state index is -4.97. The van der Waals surface area contributed by atoms with E-state index in [2.05, 4.69) is 30.4 Å². The highest BCUT2D eigenvalue weighted by molar-refractivity contribution is 9.10. The summed E-state index contributed by atoms with van der Waals surface area (Å²) in [5, 5.41) is 10.6. The predicted octanol–water partition coefficient (Wildman–Crippen LogP) is 2.66. The lowest BCUT2D eigenvalue weighted by atomic mass is 10.4. The number of ether oxygens (including phenoxy) is 2. The Hall–Kier alpha value is -1.58. The number of aromatic nitrogens is 1. The van der Waals surface area contributed by atoms with Crippen molar-refractivity contribution in [1.29, 1.82) is 0 Å². The molecule has 0 radical (unpaired) electrons. The van der Waals surface area contributed by atoms with E-state index in [4.69, 9.17) is 0 Å². The van der Waals surface area contributed by atoms with Gasteiger partial charge in [-0.2, -0.15) is 0 Å². The third-order valence-corrected chi connectivity index (χ3v) is 2.29. The number of nitro groups is 1. The average molecular weight is 317 g/mol. The van der Waals surface area contributed by atoms with Crippen LogP contribution in [0.15, 0.2) is 10.7 Å². The maximum atomic E-state index is 12.0. The molecule has 6 nitrogen and oxygen atoms in total. The van der Waals surface area contributed by atoms with Crippen molar-refractivity contribution in [2.45, 2.75) is 6.36 Å². The van der Waals surface area contributed by atoms with E-state index in [1.807, 2.05) is 0 Å². The summed E-state index contributed by atoms with van der Waals surface area (Å²) in [6.45, 7) is 0. The third kappa shape index (κ3) is 3.19. The lowest BCUT2D eigenvalue weighted by molar-refractivity contribution is -0.387. The molecule has 0 aliphatic heterocycles. The maximum Gasteiger partial charge on any atom is 0.573 e. The molecule has 0 aliphatic rings. The van der Waals surface area contributed by atoms with Crippen LogP contribution < -0.4 is 9.47 Å². The SMILES string of the molecule is COc1ncc(OC(F)(F)F)c(Br)c1[N+](=O)[O-]. The first-order chi connectivity index (χ1) is 7.76. The van der Waals surface area contributed by atoms with Crippen molar-refractivity contribution < 1.29 is 27.6 Å². The largest absolute Gasteiger partial charge is 0.573 e. The minimum Gasteiger partial charge on any atom is -0.476 e. The van der Waals surface area contributed by atoms with Crippen LogP contribution in [0.3, 0.4) is 0 Å². The van der Waals surface area contributed by atoms with Crippen molar-refractivity contribution in [3.63, 3.8) is 0 Å². The van der Waals surface area contributed by atoms with Crippen LogP contribution in [0.2, 0.25) is 0 Å². The normalized spacial score (nSPS) is 11.1. The summed E-state index contributed by atoms with van der Waals surface area (Å²) in [5.74, 6) is -1.23. The molecule has 0 aliphatic carbocycles. The van der Waals surface area contributed by atoms with E-state index in [0.717, 1.165) is 7.11 Å². The van der Waals surface area contributed by atoms with E-state index in [-0.39, 0.29) is 0 Å². The summed E-state index contributed by atoms with van der Waals surface area (Å²) in [7, 11) is 1.10. The summed E-state index contributed by atoms with van der Waals surface area (Å²) in [6, 6.07) is 0. The standard InChI is InChI=1S/C7H4BrF3N2O4/c1-16-6-5(13(14)15)4(8)3(2-12-6)17-7(9,10)11/h2H,1H3. The predicted molar refractivity (Wildman–Crippen MR) is 51.8 cm³/mol. The van der Waals surface area contributed by atoms with Crippen molar-refractivity contribution in [3.8, 4) is 11.6 Å². The van der Waals surface area contributed by atoms with E-state index in [0.29, 0.717) is 6.20 Å². The van der Waals surface area contributed by atoms with Gasteiger partial charge in [0.2, 0.25) is 0 Å². The Morgan fingerprint density at radius 2 is 2.12 bits per heavy atom. The molecule has 17 heavy (non-hydrogen) atoms. The molecule has 0 unspecified atom stereocenters. The molecule has 1 rings (SSSR count). The first kappa shape index (κ1) is 13.5. The molecule has 0 bridgehead atoms. The first-order valence-electron chi connectivity index (χ1n) is 3.89. The summed E-state index contributed by atoms with van der Waals surface area (Å²) >= 11 is 2.64. The average Bonchev–Trinajstić information content (AvgIpc) is 2.18. The van der Waals surface area contributed by atoms with Gasteiger partial charge in [0.15, 0.2) is 5.75 Å². The van der Waals surface area contributed by atoms with Gasteiger partial charge in [-0.1, -0.05) is 0 Å². The molecular weight excluding hydrogens is 313 g/mol. The Labute approximate surface area is 101 Å². The lowest BCUT2D eigenvalue weighted by Crippen LogP contribution is -2.18. The molecule has 0 amide bonds. The van der Waals surface area contributed by atoms with E-state index < -0.39 is 33.1 Å². The van der Waals surface area contributed by atoms with E-state index >= 15 is 0 Å². The molecule has 0 fully saturated rings. The second kappa shape index (κ2) is 4.73.